The summed E-state index contributed by atoms with van der Waals surface area (Å²) >= 11 is 0. The SMILES string of the molecule is Cc1cnc(CNC(C)c2c(C)nn(CC(F)(F)F)c2C)o1. The first-order chi connectivity index (χ1) is 10.2. The van der Waals surface area contributed by atoms with Crippen molar-refractivity contribution in [3.05, 3.63) is 34.8 Å². The van der Waals surface area contributed by atoms with E-state index < -0.39 is 12.7 Å². The molecule has 0 fully saturated rings. The zero-order valence-corrected chi connectivity index (χ0v) is 13.0. The standard InChI is InChI=1S/C14H19F3N4O/c1-8-5-19-12(22-8)6-18-9(2)13-10(3)20-21(11(13)4)7-14(15,16)17/h5,9,18H,6-7H2,1-4H3. The fourth-order valence-electron chi connectivity index (χ4n) is 2.49. The summed E-state index contributed by atoms with van der Waals surface area (Å²) in [4.78, 5) is 4.08. The van der Waals surface area contributed by atoms with Crippen LogP contribution in [-0.4, -0.2) is 20.9 Å². The van der Waals surface area contributed by atoms with E-state index in [0.717, 1.165) is 16.0 Å². The maximum Gasteiger partial charge on any atom is 0.408 e. The number of nitrogens with one attached hydrogen (secondary N) is 1. The molecule has 22 heavy (non-hydrogen) atoms. The third-order valence-electron chi connectivity index (χ3n) is 3.43. The predicted octanol–water partition coefficient (Wildman–Crippen LogP) is 3.21. The van der Waals surface area contributed by atoms with Crippen molar-refractivity contribution in [2.75, 3.05) is 0 Å². The molecular formula is C14H19F3N4O. The summed E-state index contributed by atoms with van der Waals surface area (Å²) in [5, 5.41) is 7.19. The van der Waals surface area contributed by atoms with Crippen LogP contribution < -0.4 is 5.32 Å². The maximum atomic E-state index is 12.5. The lowest BCUT2D eigenvalue weighted by Crippen LogP contribution is -2.21. The van der Waals surface area contributed by atoms with Crippen LogP contribution in [0.5, 0.6) is 0 Å². The van der Waals surface area contributed by atoms with Gasteiger partial charge < -0.3 is 9.73 Å². The Balaban J connectivity index is 2.10. The average Bonchev–Trinajstić information content (AvgIpc) is 2.90. The van der Waals surface area contributed by atoms with Crippen LogP contribution in [-0.2, 0) is 13.1 Å². The Morgan fingerprint density at radius 1 is 1.32 bits per heavy atom. The lowest BCUT2D eigenvalue weighted by Gasteiger charge is -2.14. The molecule has 0 bridgehead atoms. The molecule has 0 aromatic carbocycles. The van der Waals surface area contributed by atoms with E-state index in [0.29, 0.717) is 23.8 Å². The van der Waals surface area contributed by atoms with Crippen LogP contribution in [0.3, 0.4) is 0 Å². The quantitative estimate of drug-likeness (QED) is 0.920. The molecule has 2 rings (SSSR count). The molecule has 1 unspecified atom stereocenters. The number of nitrogens with zero attached hydrogens (tertiary/aromatic N) is 3. The first-order valence-corrected chi connectivity index (χ1v) is 6.92. The molecule has 2 aromatic heterocycles. The van der Waals surface area contributed by atoms with E-state index in [1.807, 2.05) is 6.92 Å². The van der Waals surface area contributed by atoms with Crippen LogP contribution in [0.25, 0.3) is 0 Å². The number of halogens is 3. The van der Waals surface area contributed by atoms with Crippen LogP contribution in [0.15, 0.2) is 10.6 Å². The zero-order chi connectivity index (χ0) is 16.5. The minimum absolute atomic E-state index is 0.158. The molecule has 8 heteroatoms. The van der Waals surface area contributed by atoms with Crippen LogP contribution in [0.1, 0.15) is 41.6 Å². The van der Waals surface area contributed by atoms with E-state index in [9.17, 15) is 13.2 Å². The van der Waals surface area contributed by atoms with Crippen LogP contribution in [0.2, 0.25) is 0 Å². The monoisotopic (exact) mass is 316 g/mol. The van der Waals surface area contributed by atoms with Gasteiger partial charge in [0.05, 0.1) is 18.4 Å². The largest absolute Gasteiger partial charge is 0.445 e. The van der Waals surface area contributed by atoms with E-state index in [2.05, 4.69) is 15.4 Å². The van der Waals surface area contributed by atoms with Crippen LogP contribution >= 0.6 is 0 Å². The molecule has 0 radical (unpaired) electrons. The molecule has 2 heterocycles. The highest BCUT2D eigenvalue weighted by Crippen LogP contribution is 2.25. The summed E-state index contributed by atoms with van der Waals surface area (Å²) in [5.41, 5.74) is 1.87. The zero-order valence-electron chi connectivity index (χ0n) is 13.0. The topological polar surface area (TPSA) is 55.9 Å². The van der Waals surface area contributed by atoms with E-state index in [1.165, 1.54) is 0 Å². The van der Waals surface area contributed by atoms with Crippen molar-refractivity contribution in [1.29, 1.82) is 0 Å². The van der Waals surface area contributed by atoms with E-state index in [4.69, 9.17) is 4.42 Å². The van der Waals surface area contributed by atoms with Crippen molar-refractivity contribution in [3.63, 3.8) is 0 Å². The number of rotatable bonds is 5. The molecule has 122 valence electrons. The normalized spacial score (nSPS) is 13.6. The van der Waals surface area contributed by atoms with Crippen molar-refractivity contribution in [1.82, 2.24) is 20.1 Å². The minimum atomic E-state index is -4.28. The van der Waals surface area contributed by atoms with Crippen molar-refractivity contribution >= 4 is 0 Å². The van der Waals surface area contributed by atoms with E-state index in [1.54, 1.807) is 27.0 Å². The summed E-state index contributed by atoms with van der Waals surface area (Å²) in [6, 6.07) is -0.158. The summed E-state index contributed by atoms with van der Waals surface area (Å²) in [5.74, 6) is 1.26. The van der Waals surface area contributed by atoms with Gasteiger partial charge in [-0.25, -0.2) is 4.98 Å². The molecule has 0 saturated carbocycles. The third kappa shape index (κ3) is 3.88. The molecule has 2 aromatic rings. The molecule has 1 N–H and O–H groups in total. The number of aryl methyl sites for hydroxylation is 2. The van der Waals surface area contributed by atoms with Crippen LogP contribution in [0.4, 0.5) is 13.2 Å². The predicted molar refractivity (Wildman–Crippen MR) is 74.3 cm³/mol. The Kier molecular flexibility index (Phi) is 4.60. The second kappa shape index (κ2) is 6.12. The molecule has 0 aliphatic rings. The second-order valence-electron chi connectivity index (χ2n) is 5.32. The number of alkyl halides is 3. The van der Waals surface area contributed by atoms with Crippen molar-refractivity contribution in [3.8, 4) is 0 Å². The number of hydrogen-bond donors (Lipinski definition) is 1. The van der Waals surface area contributed by atoms with Gasteiger partial charge >= 0.3 is 6.18 Å². The smallest absolute Gasteiger partial charge is 0.408 e. The van der Waals surface area contributed by atoms with Crippen molar-refractivity contribution in [2.45, 2.75) is 53.0 Å². The summed E-state index contributed by atoms with van der Waals surface area (Å²) in [6.07, 6.45) is -2.66. The van der Waals surface area contributed by atoms with Gasteiger partial charge in [0.25, 0.3) is 0 Å². The Hall–Kier alpha value is -1.83. The molecule has 1 atom stereocenters. The number of hydrogen-bond acceptors (Lipinski definition) is 4. The Labute approximate surface area is 126 Å². The number of aromatic nitrogens is 3. The lowest BCUT2D eigenvalue weighted by molar-refractivity contribution is -0.142. The summed E-state index contributed by atoms with van der Waals surface area (Å²) in [7, 11) is 0. The molecular weight excluding hydrogens is 297 g/mol. The summed E-state index contributed by atoms with van der Waals surface area (Å²) in [6.45, 7) is 6.36. The minimum Gasteiger partial charge on any atom is -0.445 e. The van der Waals surface area contributed by atoms with Gasteiger partial charge in [0.1, 0.15) is 12.3 Å². The van der Waals surface area contributed by atoms with Gasteiger partial charge in [-0.2, -0.15) is 18.3 Å². The van der Waals surface area contributed by atoms with Crippen molar-refractivity contribution < 1.29 is 17.6 Å². The van der Waals surface area contributed by atoms with Gasteiger partial charge in [-0.1, -0.05) is 0 Å². The van der Waals surface area contributed by atoms with Gasteiger partial charge in [-0.05, 0) is 27.7 Å². The molecule has 0 aliphatic carbocycles. The maximum absolute atomic E-state index is 12.5. The van der Waals surface area contributed by atoms with Crippen LogP contribution in [0, 0.1) is 20.8 Å². The average molecular weight is 316 g/mol. The van der Waals surface area contributed by atoms with E-state index >= 15 is 0 Å². The van der Waals surface area contributed by atoms with Gasteiger partial charge in [0, 0.05) is 17.3 Å². The fourth-order valence-corrected chi connectivity index (χ4v) is 2.49. The highest BCUT2D eigenvalue weighted by atomic mass is 19.4. The van der Waals surface area contributed by atoms with Crippen molar-refractivity contribution in [2.24, 2.45) is 0 Å². The Morgan fingerprint density at radius 2 is 2.00 bits per heavy atom. The first kappa shape index (κ1) is 16.5. The second-order valence-corrected chi connectivity index (χ2v) is 5.32. The van der Waals surface area contributed by atoms with Gasteiger partial charge in [-0.3, -0.25) is 4.68 Å². The van der Waals surface area contributed by atoms with Gasteiger partial charge in [0.15, 0.2) is 0 Å². The molecule has 0 spiro atoms. The molecule has 5 nitrogen and oxygen atoms in total. The molecule has 0 amide bonds. The highest BCUT2D eigenvalue weighted by Gasteiger charge is 2.30. The Bertz CT molecular complexity index is 645. The highest BCUT2D eigenvalue weighted by molar-refractivity contribution is 5.27. The third-order valence-corrected chi connectivity index (χ3v) is 3.43. The fraction of sp³-hybridized carbons (Fsp3) is 0.571. The first-order valence-electron chi connectivity index (χ1n) is 6.92. The Morgan fingerprint density at radius 3 is 2.55 bits per heavy atom. The summed E-state index contributed by atoms with van der Waals surface area (Å²) < 4.78 is 44.0. The lowest BCUT2D eigenvalue weighted by atomic mass is 10.1. The molecule has 0 saturated heterocycles. The molecule has 0 aliphatic heterocycles. The van der Waals surface area contributed by atoms with Gasteiger partial charge in [0.2, 0.25) is 5.89 Å². The number of oxazole rings is 1. The van der Waals surface area contributed by atoms with Gasteiger partial charge in [-0.15, -0.1) is 0 Å². The van der Waals surface area contributed by atoms with E-state index in [-0.39, 0.29) is 6.04 Å².